The monoisotopic (exact) mass is 501 g/mol. The van der Waals surface area contributed by atoms with Crippen molar-refractivity contribution in [3.05, 3.63) is 89.5 Å². The van der Waals surface area contributed by atoms with Crippen molar-refractivity contribution in [2.45, 2.75) is 30.7 Å². The molecule has 0 bridgehead atoms. The molecule has 0 aliphatic carbocycles. The van der Waals surface area contributed by atoms with Gasteiger partial charge in [-0.15, -0.1) is 0 Å². The predicted molar refractivity (Wildman–Crippen MR) is 139 cm³/mol. The fourth-order valence-corrected chi connectivity index (χ4v) is 5.60. The number of hydrogen-bond donors (Lipinski definition) is 1. The van der Waals surface area contributed by atoms with Gasteiger partial charge in [0.1, 0.15) is 5.82 Å². The molecule has 1 aliphatic heterocycles. The second-order valence-corrected chi connectivity index (χ2v) is 11.2. The topological polar surface area (TPSA) is 105 Å². The summed E-state index contributed by atoms with van der Waals surface area (Å²) in [5, 5.41) is 3.76. The summed E-state index contributed by atoms with van der Waals surface area (Å²) in [7, 11) is -3.42. The third-order valence-corrected chi connectivity index (χ3v) is 7.82. The molecular formula is C27H27N5O3S. The zero-order valence-corrected chi connectivity index (χ0v) is 21.0. The van der Waals surface area contributed by atoms with E-state index in [-0.39, 0.29) is 17.3 Å². The van der Waals surface area contributed by atoms with E-state index in [2.05, 4.69) is 32.3 Å². The quantitative estimate of drug-likeness (QED) is 0.430. The van der Waals surface area contributed by atoms with Crippen molar-refractivity contribution in [3.63, 3.8) is 0 Å². The number of sulfone groups is 1. The van der Waals surface area contributed by atoms with Gasteiger partial charge in [0.25, 0.3) is 5.91 Å². The number of amides is 1. The Morgan fingerprint density at radius 2 is 1.92 bits per heavy atom. The normalized spacial score (nSPS) is 15.8. The van der Waals surface area contributed by atoms with E-state index in [9.17, 15) is 13.2 Å². The molecule has 184 valence electrons. The Kier molecular flexibility index (Phi) is 6.40. The van der Waals surface area contributed by atoms with Crippen LogP contribution in [-0.2, 0) is 16.4 Å². The summed E-state index contributed by atoms with van der Waals surface area (Å²) < 4.78 is 24.0. The zero-order chi connectivity index (χ0) is 25.3. The van der Waals surface area contributed by atoms with Crippen LogP contribution >= 0.6 is 0 Å². The molecule has 4 aromatic rings. The van der Waals surface area contributed by atoms with Crippen molar-refractivity contribution in [1.29, 1.82) is 0 Å². The molecule has 5 rings (SSSR count). The van der Waals surface area contributed by atoms with Crippen LogP contribution in [0.15, 0.2) is 72.0 Å². The van der Waals surface area contributed by atoms with Gasteiger partial charge in [0, 0.05) is 54.8 Å². The zero-order valence-electron chi connectivity index (χ0n) is 20.2. The second kappa shape index (κ2) is 9.66. The lowest BCUT2D eigenvalue weighted by Crippen LogP contribution is -2.23. The first-order valence-corrected chi connectivity index (χ1v) is 13.7. The summed E-state index contributed by atoms with van der Waals surface area (Å²) in [6.07, 6.45) is 7.63. The van der Waals surface area contributed by atoms with Gasteiger partial charge in [0.15, 0.2) is 9.84 Å². The molecule has 8 nitrogen and oxygen atoms in total. The molecule has 1 atom stereocenters. The van der Waals surface area contributed by atoms with E-state index in [1.54, 1.807) is 25.3 Å². The van der Waals surface area contributed by atoms with Gasteiger partial charge in [-0.1, -0.05) is 6.07 Å². The highest BCUT2D eigenvalue weighted by molar-refractivity contribution is 7.90. The third-order valence-electron chi connectivity index (χ3n) is 6.59. The van der Waals surface area contributed by atoms with E-state index in [0.29, 0.717) is 22.7 Å². The summed E-state index contributed by atoms with van der Waals surface area (Å²) in [5.41, 5.74) is 3.69. The molecule has 36 heavy (non-hydrogen) atoms. The molecule has 3 aromatic heterocycles. The molecular weight excluding hydrogens is 474 g/mol. The van der Waals surface area contributed by atoms with Crippen molar-refractivity contribution >= 4 is 32.5 Å². The van der Waals surface area contributed by atoms with Gasteiger partial charge in [-0.2, -0.15) is 0 Å². The van der Waals surface area contributed by atoms with E-state index in [4.69, 9.17) is 4.98 Å². The molecule has 1 aliphatic rings. The Bertz CT molecular complexity index is 1540. The molecule has 1 saturated heterocycles. The lowest BCUT2D eigenvalue weighted by Gasteiger charge is -2.18. The predicted octanol–water partition coefficient (Wildman–Crippen LogP) is 3.66. The summed E-state index contributed by atoms with van der Waals surface area (Å²) in [6.45, 7) is 3.75. The van der Waals surface area contributed by atoms with Crippen molar-refractivity contribution in [2.24, 2.45) is 0 Å². The molecule has 0 saturated carbocycles. The summed E-state index contributed by atoms with van der Waals surface area (Å²) in [6, 6.07) is 14.8. The molecule has 1 N–H and O–H groups in total. The first-order chi connectivity index (χ1) is 17.3. The van der Waals surface area contributed by atoms with Crippen molar-refractivity contribution < 1.29 is 13.2 Å². The van der Waals surface area contributed by atoms with Gasteiger partial charge >= 0.3 is 0 Å². The number of carbonyl (C=O) groups excluding carboxylic acids is 1. The lowest BCUT2D eigenvalue weighted by molar-refractivity contribution is 0.0950. The number of hydrogen-bond acceptors (Lipinski definition) is 7. The highest BCUT2D eigenvalue weighted by Gasteiger charge is 2.25. The maximum Gasteiger partial charge on any atom is 0.251 e. The van der Waals surface area contributed by atoms with Crippen molar-refractivity contribution in [3.8, 4) is 0 Å². The number of aromatic nitrogens is 3. The highest BCUT2D eigenvalue weighted by Crippen LogP contribution is 2.30. The van der Waals surface area contributed by atoms with Crippen LogP contribution in [0, 0.1) is 6.92 Å². The molecule has 1 aromatic carbocycles. The van der Waals surface area contributed by atoms with Crippen LogP contribution in [0.2, 0.25) is 0 Å². The molecule has 0 unspecified atom stereocenters. The molecule has 1 fully saturated rings. The Morgan fingerprint density at radius 1 is 1.11 bits per heavy atom. The minimum absolute atomic E-state index is 0.156. The lowest BCUT2D eigenvalue weighted by atomic mass is 10.00. The van der Waals surface area contributed by atoms with Gasteiger partial charge < -0.3 is 10.2 Å². The first-order valence-electron chi connectivity index (χ1n) is 11.8. The van der Waals surface area contributed by atoms with E-state index >= 15 is 0 Å². The summed E-state index contributed by atoms with van der Waals surface area (Å²) in [5.74, 6) is 1.02. The van der Waals surface area contributed by atoms with E-state index in [0.717, 1.165) is 42.5 Å². The Hall–Kier alpha value is -3.85. The number of carbonyl (C=O) groups is 1. The van der Waals surface area contributed by atoms with Crippen LogP contribution in [0.3, 0.4) is 0 Å². The highest BCUT2D eigenvalue weighted by atomic mass is 32.2. The fourth-order valence-electron chi connectivity index (χ4n) is 4.61. The fraction of sp³-hybridized carbons (Fsp3) is 0.259. The number of anilines is 1. The Labute approximate surface area is 210 Å². The van der Waals surface area contributed by atoms with Crippen molar-refractivity contribution in [1.82, 2.24) is 20.3 Å². The van der Waals surface area contributed by atoms with Crippen LogP contribution in [0.5, 0.6) is 0 Å². The van der Waals surface area contributed by atoms with Gasteiger partial charge in [0.05, 0.1) is 22.7 Å². The molecule has 1 amide bonds. The summed E-state index contributed by atoms with van der Waals surface area (Å²) in [4.78, 5) is 28.6. The number of fused-ring (bicyclic) bond motifs is 1. The average molecular weight is 502 g/mol. The van der Waals surface area contributed by atoms with E-state index in [1.165, 1.54) is 11.6 Å². The second-order valence-electron chi connectivity index (χ2n) is 9.19. The maximum atomic E-state index is 12.7. The van der Waals surface area contributed by atoms with E-state index in [1.807, 2.05) is 30.6 Å². The van der Waals surface area contributed by atoms with Crippen LogP contribution in [0.4, 0.5) is 5.82 Å². The number of aryl methyl sites for hydroxylation is 1. The Balaban J connectivity index is 1.29. The standard InChI is InChI=1S/C27H27N5O3S/c1-18-3-4-20(13-25(18)36(2,34)35)27(33)30-16-23-14-24-21(15-29-23)5-6-26(31-24)32-12-9-22(17-32)19-7-10-28-11-8-19/h3-8,10-11,13-15,22H,9,12,16-17H2,1-2H3,(H,30,33)/t22-/m0/s1. The minimum atomic E-state index is -3.42. The Morgan fingerprint density at radius 3 is 2.69 bits per heavy atom. The smallest absolute Gasteiger partial charge is 0.251 e. The minimum Gasteiger partial charge on any atom is -0.356 e. The van der Waals surface area contributed by atoms with Gasteiger partial charge in [-0.25, -0.2) is 13.4 Å². The van der Waals surface area contributed by atoms with Crippen LogP contribution in [0.25, 0.3) is 10.9 Å². The van der Waals surface area contributed by atoms with Gasteiger partial charge in [0.2, 0.25) is 0 Å². The largest absolute Gasteiger partial charge is 0.356 e. The van der Waals surface area contributed by atoms with Crippen molar-refractivity contribution in [2.75, 3.05) is 24.2 Å². The van der Waals surface area contributed by atoms with Crippen LogP contribution in [0.1, 0.15) is 39.5 Å². The van der Waals surface area contributed by atoms with Gasteiger partial charge in [-0.05, 0) is 66.9 Å². The number of benzene rings is 1. The molecule has 0 spiro atoms. The number of nitrogens with zero attached hydrogens (tertiary/aromatic N) is 4. The summed E-state index contributed by atoms with van der Waals surface area (Å²) >= 11 is 0. The maximum absolute atomic E-state index is 12.7. The average Bonchev–Trinajstić information content (AvgIpc) is 3.37. The van der Waals surface area contributed by atoms with Gasteiger partial charge in [-0.3, -0.25) is 14.8 Å². The molecule has 9 heteroatoms. The third kappa shape index (κ3) is 5.06. The number of pyridine rings is 3. The molecule has 4 heterocycles. The van der Waals surface area contributed by atoms with Crippen LogP contribution < -0.4 is 10.2 Å². The number of rotatable bonds is 6. The van der Waals surface area contributed by atoms with Crippen LogP contribution in [-0.4, -0.2) is 48.6 Å². The number of nitrogens with one attached hydrogen (secondary N) is 1. The SMILES string of the molecule is Cc1ccc(C(=O)NCc2cc3nc(N4CC[C@H](c5ccncc5)C4)ccc3cn2)cc1S(C)(=O)=O. The first kappa shape index (κ1) is 23.9. The molecule has 0 radical (unpaired) electrons. The van der Waals surface area contributed by atoms with E-state index < -0.39 is 9.84 Å².